The Morgan fingerprint density at radius 1 is 1.08 bits per heavy atom. The summed E-state index contributed by atoms with van der Waals surface area (Å²) in [6, 6.07) is 10.8. The van der Waals surface area contributed by atoms with Crippen molar-refractivity contribution in [3.8, 4) is 22.6 Å². The number of halogens is 3. The summed E-state index contributed by atoms with van der Waals surface area (Å²) in [5, 5.41) is 0.500. The van der Waals surface area contributed by atoms with Crippen LogP contribution in [0.3, 0.4) is 0 Å². The van der Waals surface area contributed by atoms with Gasteiger partial charge in [0.15, 0.2) is 0 Å². The fourth-order valence-electron chi connectivity index (χ4n) is 3.67. The number of hydrogen-bond acceptors (Lipinski definition) is 6. The first-order valence-electron chi connectivity index (χ1n) is 12.0. The monoisotopic (exact) mass is 518 g/mol. The van der Waals surface area contributed by atoms with Crippen LogP contribution >= 0.6 is 0 Å². The van der Waals surface area contributed by atoms with Crippen molar-refractivity contribution in [2.24, 2.45) is 5.92 Å². The van der Waals surface area contributed by atoms with E-state index in [1.165, 1.54) is 24.3 Å². The molecule has 3 aromatic rings. The maximum atomic E-state index is 13.1. The largest absolute Gasteiger partial charge is 0.573 e. The van der Waals surface area contributed by atoms with E-state index in [1.807, 2.05) is 13.8 Å². The third-order valence-electron chi connectivity index (χ3n) is 5.55. The highest BCUT2D eigenvalue weighted by atomic mass is 19.4. The van der Waals surface area contributed by atoms with Gasteiger partial charge in [-0.15, -0.1) is 13.2 Å². The van der Waals surface area contributed by atoms with Gasteiger partial charge in [0.1, 0.15) is 17.1 Å². The van der Waals surface area contributed by atoms with Crippen LogP contribution < -0.4 is 15.1 Å². The Kier molecular flexibility index (Phi) is 9.38. The first kappa shape index (κ1) is 27.8. The van der Waals surface area contributed by atoms with Crippen molar-refractivity contribution in [1.29, 1.82) is 0 Å². The summed E-state index contributed by atoms with van der Waals surface area (Å²) in [5.74, 6) is -0.655. The predicted octanol–water partition coefficient (Wildman–Crippen LogP) is 6.84. The zero-order valence-corrected chi connectivity index (χ0v) is 20.7. The molecule has 0 N–H and O–H groups in total. The first-order valence-corrected chi connectivity index (χ1v) is 12.0. The minimum absolute atomic E-state index is 0.00422. The number of unbranched alkanes of at least 4 members (excludes halogenated alkanes) is 2. The van der Waals surface area contributed by atoms with E-state index < -0.39 is 23.7 Å². The van der Waals surface area contributed by atoms with Crippen molar-refractivity contribution in [1.82, 2.24) is 0 Å². The third kappa shape index (κ3) is 8.13. The molecule has 1 heterocycles. The van der Waals surface area contributed by atoms with Crippen LogP contribution in [0.2, 0.25) is 0 Å². The fraction of sp³-hybridized carbons (Fsp3) is 0.357. The summed E-state index contributed by atoms with van der Waals surface area (Å²) in [7, 11) is 0. The van der Waals surface area contributed by atoms with Crippen molar-refractivity contribution >= 4 is 16.9 Å². The molecule has 37 heavy (non-hydrogen) atoms. The zero-order valence-electron chi connectivity index (χ0n) is 20.7. The number of aryl methyl sites for hydroxylation is 1. The normalized spacial score (nSPS) is 12.2. The molecule has 9 heteroatoms. The van der Waals surface area contributed by atoms with Crippen molar-refractivity contribution in [3.05, 3.63) is 71.1 Å². The highest BCUT2D eigenvalue weighted by Gasteiger charge is 2.33. The quantitative estimate of drug-likeness (QED) is 0.113. The van der Waals surface area contributed by atoms with Crippen LogP contribution in [0.4, 0.5) is 13.2 Å². The van der Waals surface area contributed by atoms with Crippen molar-refractivity contribution in [3.63, 3.8) is 0 Å². The van der Waals surface area contributed by atoms with E-state index in [0.717, 1.165) is 25.3 Å². The molecule has 1 aromatic heterocycles. The second kappa shape index (κ2) is 12.5. The highest BCUT2D eigenvalue weighted by molar-refractivity contribution is 5.84. The molecule has 0 spiro atoms. The molecule has 0 fully saturated rings. The van der Waals surface area contributed by atoms with Crippen LogP contribution in [0.25, 0.3) is 22.1 Å². The SMILES string of the molecule is C=CC(=O)OCC(C)COc1ccc2cc(-c3ccc(CCCCC)cc3OC(F)(F)F)c(=O)oc2c1. The number of hydrogen-bond donors (Lipinski definition) is 0. The van der Waals surface area contributed by atoms with E-state index in [4.69, 9.17) is 13.9 Å². The van der Waals surface area contributed by atoms with Gasteiger partial charge in [-0.2, -0.15) is 0 Å². The lowest BCUT2D eigenvalue weighted by atomic mass is 10.00. The Hall–Kier alpha value is -3.75. The topological polar surface area (TPSA) is 75.0 Å². The van der Waals surface area contributed by atoms with Crippen LogP contribution in [0.5, 0.6) is 11.5 Å². The van der Waals surface area contributed by atoms with E-state index in [-0.39, 0.29) is 35.8 Å². The van der Waals surface area contributed by atoms with E-state index in [9.17, 15) is 22.8 Å². The molecule has 0 aliphatic heterocycles. The van der Waals surface area contributed by atoms with Gasteiger partial charge in [-0.05, 0) is 42.7 Å². The summed E-state index contributed by atoms with van der Waals surface area (Å²) in [4.78, 5) is 24.0. The Labute approximate surface area is 212 Å². The Bertz CT molecular complexity index is 1300. The van der Waals surface area contributed by atoms with Gasteiger partial charge < -0.3 is 18.6 Å². The molecule has 0 amide bonds. The van der Waals surface area contributed by atoms with Gasteiger partial charge in [-0.1, -0.05) is 45.4 Å². The molecule has 0 saturated heterocycles. The summed E-state index contributed by atoms with van der Waals surface area (Å²) >= 11 is 0. The molecule has 1 atom stereocenters. The summed E-state index contributed by atoms with van der Waals surface area (Å²) in [5.41, 5.74) is 0.0529. The van der Waals surface area contributed by atoms with Gasteiger partial charge in [0, 0.05) is 29.0 Å². The highest BCUT2D eigenvalue weighted by Crippen LogP contribution is 2.35. The van der Waals surface area contributed by atoms with Crippen molar-refractivity contribution in [2.75, 3.05) is 13.2 Å². The Balaban J connectivity index is 1.85. The lowest BCUT2D eigenvalue weighted by Gasteiger charge is -2.15. The lowest BCUT2D eigenvalue weighted by molar-refractivity contribution is -0.274. The summed E-state index contributed by atoms with van der Waals surface area (Å²) in [6.45, 7) is 7.59. The number of rotatable bonds is 12. The van der Waals surface area contributed by atoms with E-state index in [2.05, 4.69) is 11.3 Å². The molecular weight excluding hydrogens is 489 g/mol. The van der Waals surface area contributed by atoms with Gasteiger partial charge in [-0.3, -0.25) is 0 Å². The molecule has 0 bridgehead atoms. The average molecular weight is 519 g/mol. The average Bonchev–Trinajstić information content (AvgIpc) is 2.85. The minimum Gasteiger partial charge on any atom is -0.493 e. The van der Waals surface area contributed by atoms with Crippen LogP contribution in [0, 0.1) is 5.92 Å². The Morgan fingerprint density at radius 2 is 1.86 bits per heavy atom. The van der Waals surface area contributed by atoms with Crippen LogP contribution in [-0.4, -0.2) is 25.5 Å². The number of ether oxygens (including phenoxy) is 3. The molecule has 2 aromatic carbocycles. The second-order valence-electron chi connectivity index (χ2n) is 8.73. The molecule has 1 unspecified atom stereocenters. The number of fused-ring (bicyclic) bond motifs is 1. The third-order valence-corrected chi connectivity index (χ3v) is 5.55. The van der Waals surface area contributed by atoms with Gasteiger partial charge in [0.25, 0.3) is 0 Å². The molecular formula is C28H29F3O6. The van der Waals surface area contributed by atoms with Gasteiger partial charge in [-0.25, -0.2) is 9.59 Å². The molecule has 6 nitrogen and oxygen atoms in total. The summed E-state index contributed by atoms with van der Waals surface area (Å²) in [6.07, 6.45) is -0.457. The first-order chi connectivity index (χ1) is 17.6. The number of esters is 1. The van der Waals surface area contributed by atoms with Crippen molar-refractivity contribution in [2.45, 2.75) is 45.9 Å². The molecule has 0 aliphatic carbocycles. The van der Waals surface area contributed by atoms with Gasteiger partial charge in [0.2, 0.25) is 0 Å². The fourth-order valence-corrected chi connectivity index (χ4v) is 3.67. The number of benzene rings is 2. The number of alkyl halides is 3. The molecule has 0 radical (unpaired) electrons. The predicted molar refractivity (Wildman–Crippen MR) is 134 cm³/mol. The van der Waals surface area contributed by atoms with E-state index in [1.54, 1.807) is 18.2 Å². The number of carbonyl (C=O) groups is 1. The molecule has 0 aliphatic rings. The second-order valence-corrected chi connectivity index (χ2v) is 8.73. The smallest absolute Gasteiger partial charge is 0.493 e. The summed E-state index contributed by atoms with van der Waals surface area (Å²) < 4.78 is 59.8. The van der Waals surface area contributed by atoms with Crippen molar-refractivity contribution < 1.29 is 36.6 Å². The van der Waals surface area contributed by atoms with Gasteiger partial charge in [0.05, 0.1) is 18.8 Å². The van der Waals surface area contributed by atoms with Crippen LogP contribution in [-0.2, 0) is 16.0 Å². The maximum Gasteiger partial charge on any atom is 0.573 e. The van der Waals surface area contributed by atoms with Crippen LogP contribution in [0.1, 0.15) is 38.7 Å². The molecule has 3 rings (SSSR count). The van der Waals surface area contributed by atoms with E-state index in [0.29, 0.717) is 23.1 Å². The molecule has 198 valence electrons. The number of carbonyl (C=O) groups excluding carboxylic acids is 1. The maximum absolute atomic E-state index is 13.1. The molecule has 0 saturated carbocycles. The van der Waals surface area contributed by atoms with Gasteiger partial charge >= 0.3 is 18.0 Å². The zero-order chi connectivity index (χ0) is 27.0. The standard InChI is InChI=1S/C28H29F3O6/c1-4-6-7-8-19-9-12-22(25(13-19)37-28(29,30)31)23-14-20-10-11-21(15-24(20)36-27(23)33)34-16-18(3)17-35-26(32)5-2/h5,9-15,18H,2,4,6-8,16-17H2,1,3H3. The Morgan fingerprint density at radius 3 is 2.57 bits per heavy atom. The lowest BCUT2D eigenvalue weighted by Crippen LogP contribution is -2.18. The van der Waals surface area contributed by atoms with E-state index >= 15 is 0 Å². The minimum atomic E-state index is -4.92. The van der Waals surface area contributed by atoms with Crippen LogP contribution in [0.15, 0.2) is 64.3 Å².